The SMILES string of the molecule is Oc1ccc2[nH]c3c(C4=C[C@@]5(O)CC/C=C\CCCCN6CC[C@@H]4[C@@]4(C6)C[C@@]67CCC(CCCN6[C@H]45)O7)nccc3c2c1. The highest BCUT2D eigenvalue weighted by Gasteiger charge is 2.71. The van der Waals surface area contributed by atoms with E-state index >= 15 is 0 Å². The number of fused-ring (bicyclic) bond motifs is 5. The fourth-order valence-electron chi connectivity index (χ4n) is 10.6. The van der Waals surface area contributed by atoms with Gasteiger partial charge in [-0.25, -0.2) is 0 Å². The number of rotatable bonds is 1. The zero-order valence-electron chi connectivity index (χ0n) is 25.1. The van der Waals surface area contributed by atoms with Crippen molar-refractivity contribution in [3.05, 3.63) is 54.4 Å². The number of allylic oxidation sites excluding steroid dienone is 3. The third kappa shape index (κ3) is 3.90. The number of pyridine rings is 1. The number of aliphatic hydroxyl groups is 1. The van der Waals surface area contributed by atoms with E-state index in [-0.39, 0.29) is 28.8 Å². The lowest BCUT2D eigenvalue weighted by Crippen LogP contribution is -2.66. The number of aromatic nitrogens is 2. The van der Waals surface area contributed by atoms with E-state index in [1.165, 1.54) is 18.4 Å². The smallest absolute Gasteiger partial charge is 0.123 e. The number of ether oxygens (including phenoxy) is 1. The number of phenolic OH excluding ortho intramolecular Hbond substituents is 1. The lowest BCUT2D eigenvalue weighted by atomic mass is 9.54. The van der Waals surface area contributed by atoms with Gasteiger partial charge in [-0.3, -0.25) is 9.88 Å². The molecule has 7 nitrogen and oxygen atoms in total. The molecule has 3 aromatic rings. The molecule has 5 aliphatic heterocycles. The van der Waals surface area contributed by atoms with Crippen LogP contribution in [0, 0.1) is 11.3 Å². The quantitative estimate of drug-likeness (QED) is 0.301. The minimum Gasteiger partial charge on any atom is -0.508 e. The molecule has 4 fully saturated rings. The molecular weight excluding hydrogens is 536 g/mol. The van der Waals surface area contributed by atoms with Crippen LogP contribution in [0.25, 0.3) is 27.4 Å². The first-order valence-corrected chi connectivity index (χ1v) is 16.8. The summed E-state index contributed by atoms with van der Waals surface area (Å²) in [6, 6.07) is 7.62. The molecule has 0 radical (unpaired) electrons. The van der Waals surface area contributed by atoms with Crippen LogP contribution < -0.4 is 0 Å². The van der Waals surface area contributed by atoms with Crippen LogP contribution in [0.4, 0.5) is 0 Å². The van der Waals surface area contributed by atoms with Crippen LogP contribution >= 0.6 is 0 Å². The largest absolute Gasteiger partial charge is 0.508 e. The Morgan fingerprint density at radius 2 is 1.88 bits per heavy atom. The number of nitrogens with zero attached hydrogens (tertiary/aromatic N) is 3. The van der Waals surface area contributed by atoms with Crippen LogP contribution in [0.2, 0.25) is 0 Å². The van der Waals surface area contributed by atoms with Gasteiger partial charge in [-0.05, 0) is 126 Å². The number of hydrogen-bond donors (Lipinski definition) is 3. The molecule has 1 aliphatic carbocycles. The molecule has 7 heterocycles. The first-order valence-electron chi connectivity index (χ1n) is 16.8. The van der Waals surface area contributed by atoms with Crippen molar-refractivity contribution in [3.63, 3.8) is 0 Å². The van der Waals surface area contributed by atoms with Crippen molar-refractivity contribution in [1.82, 2.24) is 19.8 Å². The van der Waals surface area contributed by atoms with Gasteiger partial charge in [0.15, 0.2) is 0 Å². The molecule has 0 saturated carbocycles. The monoisotopic (exact) mass is 580 g/mol. The van der Waals surface area contributed by atoms with Crippen molar-refractivity contribution < 1.29 is 14.9 Å². The van der Waals surface area contributed by atoms with Crippen molar-refractivity contribution in [2.24, 2.45) is 11.3 Å². The Balaban J connectivity index is 1.27. The van der Waals surface area contributed by atoms with E-state index in [4.69, 9.17) is 9.72 Å². The van der Waals surface area contributed by atoms with Gasteiger partial charge in [-0.15, -0.1) is 0 Å². The summed E-state index contributed by atoms with van der Waals surface area (Å²) in [6.45, 7) is 4.23. The van der Waals surface area contributed by atoms with Crippen LogP contribution in [-0.4, -0.2) is 79.6 Å². The van der Waals surface area contributed by atoms with Crippen LogP contribution in [0.15, 0.2) is 48.7 Å². The molecule has 1 aromatic carbocycles. The first-order chi connectivity index (χ1) is 21.0. The molecule has 5 bridgehead atoms. The summed E-state index contributed by atoms with van der Waals surface area (Å²) in [5, 5.41) is 25.6. The van der Waals surface area contributed by atoms with Crippen molar-refractivity contribution in [3.8, 4) is 5.75 Å². The number of phenols is 1. The Morgan fingerprint density at radius 1 is 0.953 bits per heavy atom. The Labute approximate surface area is 253 Å². The number of nitrogens with one attached hydrogen (secondary N) is 1. The van der Waals surface area contributed by atoms with Gasteiger partial charge in [-0.1, -0.05) is 12.2 Å². The molecule has 3 N–H and O–H groups in total. The van der Waals surface area contributed by atoms with Gasteiger partial charge >= 0.3 is 0 Å². The molecule has 226 valence electrons. The predicted molar refractivity (Wildman–Crippen MR) is 169 cm³/mol. The summed E-state index contributed by atoms with van der Waals surface area (Å²) >= 11 is 0. The highest BCUT2D eigenvalue weighted by atomic mass is 16.5. The van der Waals surface area contributed by atoms with Gasteiger partial charge in [0.1, 0.15) is 11.5 Å². The second-order valence-electron chi connectivity index (χ2n) is 14.5. The Hall–Kier alpha value is -2.71. The van der Waals surface area contributed by atoms with Crippen LogP contribution in [0.5, 0.6) is 5.75 Å². The van der Waals surface area contributed by atoms with Gasteiger partial charge < -0.3 is 24.8 Å². The number of H-pyrrole nitrogens is 1. The second-order valence-corrected chi connectivity index (χ2v) is 14.5. The lowest BCUT2D eigenvalue weighted by molar-refractivity contribution is -0.145. The number of aromatic amines is 1. The van der Waals surface area contributed by atoms with Crippen molar-refractivity contribution >= 4 is 27.4 Å². The molecule has 2 spiro atoms. The maximum Gasteiger partial charge on any atom is 0.123 e. The Morgan fingerprint density at radius 3 is 2.84 bits per heavy atom. The van der Waals surface area contributed by atoms with E-state index in [0.29, 0.717) is 12.5 Å². The molecule has 7 atom stereocenters. The Bertz CT molecular complexity index is 1650. The highest BCUT2D eigenvalue weighted by molar-refractivity contribution is 6.10. The predicted octanol–water partition coefficient (Wildman–Crippen LogP) is 6.12. The number of benzene rings is 1. The summed E-state index contributed by atoms with van der Waals surface area (Å²) in [7, 11) is 0. The van der Waals surface area contributed by atoms with Gasteiger partial charge in [0.25, 0.3) is 0 Å². The van der Waals surface area contributed by atoms with Gasteiger partial charge in [0.2, 0.25) is 0 Å². The summed E-state index contributed by atoms with van der Waals surface area (Å²) in [6.07, 6.45) is 20.9. The molecule has 0 amide bonds. The third-order valence-electron chi connectivity index (χ3n) is 12.1. The molecular formula is C36H44N4O3. The molecule has 9 rings (SSSR count). The van der Waals surface area contributed by atoms with E-state index in [9.17, 15) is 10.2 Å². The summed E-state index contributed by atoms with van der Waals surface area (Å²) in [4.78, 5) is 14.2. The number of hydrogen-bond acceptors (Lipinski definition) is 6. The van der Waals surface area contributed by atoms with Gasteiger partial charge in [-0.2, -0.15) is 0 Å². The van der Waals surface area contributed by atoms with Gasteiger partial charge in [0.05, 0.1) is 29.0 Å². The van der Waals surface area contributed by atoms with E-state index in [0.717, 1.165) is 105 Å². The normalized spacial score (nSPS) is 40.3. The van der Waals surface area contributed by atoms with Crippen LogP contribution in [0.3, 0.4) is 0 Å². The minimum absolute atomic E-state index is 0.0291. The topological polar surface area (TPSA) is 84.9 Å². The lowest BCUT2D eigenvalue weighted by Gasteiger charge is -2.58. The third-order valence-corrected chi connectivity index (χ3v) is 12.1. The minimum atomic E-state index is -0.989. The van der Waals surface area contributed by atoms with Crippen LogP contribution in [0.1, 0.15) is 76.3 Å². The molecule has 2 aromatic heterocycles. The highest BCUT2D eigenvalue weighted by Crippen LogP contribution is 2.66. The summed E-state index contributed by atoms with van der Waals surface area (Å²) < 4.78 is 7.07. The van der Waals surface area contributed by atoms with E-state index in [2.05, 4.69) is 39.1 Å². The van der Waals surface area contributed by atoms with Crippen molar-refractivity contribution in [2.45, 2.75) is 94.1 Å². The molecule has 43 heavy (non-hydrogen) atoms. The van der Waals surface area contributed by atoms with E-state index in [1.807, 2.05) is 18.3 Å². The average molecular weight is 581 g/mol. The molecule has 2 unspecified atom stereocenters. The maximum atomic E-state index is 13.2. The van der Waals surface area contributed by atoms with Crippen molar-refractivity contribution in [2.75, 3.05) is 26.2 Å². The standard InChI is InChI=1S/C36H44N4O3/c41-24-9-10-30-27(20-24)26-12-16-37-31(32(26)38-30)28-21-35(42)14-5-3-1-2-4-6-17-39-19-13-29(28)34(23-39)22-36-15-11-25(43-36)8-7-18-40(36)33(34)35/h1,3,9-10,12,16,20-21,25,29,33,38,41-42H,2,4-8,11,13-15,17-19,22-23H2/b3-1-/t25?,29-,33+,34-,35-,36-/m0/s1. The van der Waals surface area contributed by atoms with E-state index < -0.39 is 5.60 Å². The molecule has 4 saturated heterocycles. The fraction of sp³-hybridized carbons (Fsp3) is 0.583. The maximum absolute atomic E-state index is 13.2. The van der Waals surface area contributed by atoms with Gasteiger partial charge in [0, 0.05) is 41.0 Å². The Kier molecular flexibility index (Phi) is 5.98. The zero-order chi connectivity index (χ0) is 28.8. The van der Waals surface area contributed by atoms with Crippen molar-refractivity contribution in [1.29, 1.82) is 0 Å². The molecule has 6 aliphatic rings. The fourth-order valence-corrected chi connectivity index (χ4v) is 10.6. The first kappa shape index (κ1) is 26.7. The number of piperidine rings is 1. The van der Waals surface area contributed by atoms with E-state index in [1.54, 1.807) is 6.07 Å². The summed E-state index contributed by atoms with van der Waals surface area (Å²) in [5.41, 5.74) is 2.81. The number of aromatic hydroxyl groups is 1. The van der Waals surface area contributed by atoms with Crippen LogP contribution in [-0.2, 0) is 4.74 Å². The summed E-state index contributed by atoms with van der Waals surface area (Å²) in [5.74, 6) is 0.557. The second kappa shape index (κ2) is 9.64. The average Bonchev–Trinajstić information content (AvgIpc) is 3.61. The zero-order valence-corrected chi connectivity index (χ0v) is 25.1. The molecule has 7 heteroatoms.